The van der Waals surface area contributed by atoms with Gasteiger partial charge in [0.2, 0.25) is 5.91 Å². The van der Waals surface area contributed by atoms with Crippen LogP contribution in [-0.4, -0.2) is 35.7 Å². The average molecular weight is 307 g/mol. The van der Waals surface area contributed by atoms with Crippen molar-refractivity contribution in [3.8, 4) is 0 Å². The van der Waals surface area contributed by atoms with Crippen LogP contribution in [-0.2, 0) is 20.7 Å². The van der Waals surface area contributed by atoms with Crippen LogP contribution in [0.4, 0.5) is 0 Å². The van der Waals surface area contributed by atoms with Gasteiger partial charge >= 0.3 is 5.97 Å². The van der Waals surface area contributed by atoms with Gasteiger partial charge in [0.05, 0.1) is 0 Å². The fraction of sp³-hybridized carbons (Fsp3) is 0.529. The number of hydrogen-bond donors (Lipinski definition) is 2. The number of rotatable bonds is 9. The molecule has 0 bridgehead atoms. The molecule has 1 aromatic rings. The number of nitrogens with one attached hydrogen (secondary N) is 1. The summed E-state index contributed by atoms with van der Waals surface area (Å²) in [5.41, 5.74) is 0.864. The smallest absolute Gasteiger partial charge is 0.326 e. The molecule has 1 amide bonds. The number of hydrogen-bond acceptors (Lipinski definition) is 3. The molecule has 1 unspecified atom stereocenters. The van der Waals surface area contributed by atoms with Crippen molar-refractivity contribution in [1.82, 2.24) is 5.32 Å². The zero-order valence-corrected chi connectivity index (χ0v) is 13.4. The van der Waals surface area contributed by atoms with Crippen molar-refractivity contribution >= 4 is 11.9 Å². The molecule has 0 aliphatic carbocycles. The van der Waals surface area contributed by atoms with Gasteiger partial charge in [-0.25, -0.2) is 4.79 Å². The van der Waals surface area contributed by atoms with Crippen molar-refractivity contribution in [2.45, 2.75) is 45.8 Å². The summed E-state index contributed by atoms with van der Waals surface area (Å²) < 4.78 is 5.44. The average Bonchev–Trinajstić information content (AvgIpc) is 2.46. The third kappa shape index (κ3) is 6.72. The van der Waals surface area contributed by atoms with E-state index in [1.54, 1.807) is 6.92 Å². The Balaban J connectivity index is 2.52. The van der Waals surface area contributed by atoms with Gasteiger partial charge in [0.1, 0.15) is 12.1 Å². The molecule has 0 aliphatic heterocycles. The summed E-state index contributed by atoms with van der Waals surface area (Å²) in [6.45, 7) is 6.28. The molecule has 5 nitrogen and oxygen atoms in total. The summed E-state index contributed by atoms with van der Waals surface area (Å²) >= 11 is 0. The molecule has 0 fully saturated rings. The van der Waals surface area contributed by atoms with Gasteiger partial charge in [-0.05, 0) is 24.8 Å². The molecule has 0 saturated heterocycles. The predicted octanol–water partition coefficient (Wildman–Crippen LogP) is 2.25. The number of carboxylic acids is 1. The number of ether oxygens (including phenoxy) is 1. The first-order valence-electron chi connectivity index (χ1n) is 7.59. The predicted molar refractivity (Wildman–Crippen MR) is 84.6 cm³/mol. The van der Waals surface area contributed by atoms with Crippen molar-refractivity contribution in [2.75, 3.05) is 6.61 Å². The number of carbonyl (C=O) groups is 2. The van der Waals surface area contributed by atoms with Crippen LogP contribution in [0, 0.1) is 5.92 Å². The van der Waals surface area contributed by atoms with Crippen LogP contribution in [0.15, 0.2) is 30.3 Å². The third-order valence-electron chi connectivity index (χ3n) is 3.33. The molecule has 0 spiro atoms. The summed E-state index contributed by atoms with van der Waals surface area (Å²) in [7, 11) is 0. The van der Waals surface area contributed by atoms with E-state index in [1.807, 2.05) is 30.3 Å². The molecule has 2 atom stereocenters. The summed E-state index contributed by atoms with van der Waals surface area (Å²) in [5.74, 6) is -0.946. The topological polar surface area (TPSA) is 75.6 Å². The van der Waals surface area contributed by atoms with E-state index in [2.05, 4.69) is 19.2 Å². The maximum absolute atomic E-state index is 12.0. The van der Waals surface area contributed by atoms with E-state index < -0.39 is 24.0 Å². The summed E-state index contributed by atoms with van der Waals surface area (Å²) in [5, 5.41) is 11.8. The van der Waals surface area contributed by atoms with Crippen molar-refractivity contribution in [1.29, 1.82) is 0 Å². The third-order valence-corrected chi connectivity index (χ3v) is 3.33. The molecule has 0 saturated carbocycles. The van der Waals surface area contributed by atoms with Crippen LogP contribution in [0.3, 0.4) is 0 Å². The second-order valence-electron chi connectivity index (χ2n) is 5.78. The van der Waals surface area contributed by atoms with E-state index in [0.717, 1.165) is 12.0 Å². The fourth-order valence-electron chi connectivity index (χ4n) is 1.90. The van der Waals surface area contributed by atoms with Crippen molar-refractivity contribution in [2.24, 2.45) is 5.92 Å². The van der Waals surface area contributed by atoms with Crippen LogP contribution >= 0.6 is 0 Å². The number of amides is 1. The highest BCUT2D eigenvalue weighted by atomic mass is 16.5. The van der Waals surface area contributed by atoms with Gasteiger partial charge in [0, 0.05) is 13.0 Å². The molecule has 0 aliphatic rings. The SMILES string of the molecule is CC(C)CCOC(C)C(=O)N[C@H](Cc1ccccc1)C(=O)O. The molecule has 2 N–H and O–H groups in total. The molecular formula is C17H25NO4. The number of carboxylic acid groups (broad SMARTS) is 1. The monoisotopic (exact) mass is 307 g/mol. The minimum absolute atomic E-state index is 0.251. The maximum atomic E-state index is 12.0. The van der Waals surface area contributed by atoms with Gasteiger partial charge in [-0.1, -0.05) is 44.2 Å². The molecular weight excluding hydrogens is 282 g/mol. The van der Waals surface area contributed by atoms with Gasteiger partial charge in [-0.15, -0.1) is 0 Å². The summed E-state index contributed by atoms with van der Waals surface area (Å²) in [6, 6.07) is 8.27. The lowest BCUT2D eigenvalue weighted by molar-refractivity contribution is -0.144. The van der Waals surface area contributed by atoms with E-state index >= 15 is 0 Å². The van der Waals surface area contributed by atoms with Crippen LogP contribution in [0.25, 0.3) is 0 Å². The first-order chi connectivity index (χ1) is 10.4. The fourth-order valence-corrected chi connectivity index (χ4v) is 1.90. The van der Waals surface area contributed by atoms with Crippen LogP contribution in [0.2, 0.25) is 0 Å². The van der Waals surface area contributed by atoms with Gasteiger partial charge in [-0.2, -0.15) is 0 Å². The standard InChI is InChI=1S/C17H25NO4/c1-12(2)9-10-22-13(3)16(19)18-15(17(20)21)11-14-7-5-4-6-8-14/h4-8,12-13,15H,9-11H2,1-3H3,(H,18,19)(H,20,21)/t13?,15-/m1/s1. The molecule has 0 radical (unpaired) electrons. The Morgan fingerprint density at radius 2 is 1.82 bits per heavy atom. The Morgan fingerprint density at radius 1 is 1.18 bits per heavy atom. The highest BCUT2D eigenvalue weighted by Crippen LogP contribution is 2.05. The van der Waals surface area contributed by atoms with Gasteiger partial charge in [-0.3, -0.25) is 4.79 Å². The minimum Gasteiger partial charge on any atom is -0.480 e. The first-order valence-corrected chi connectivity index (χ1v) is 7.59. The Morgan fingerprint density at radius 3 is 2.36 bits per heavy atom. The van der Waals surface area contributed by atoms with E-state index in [4.69, 9.17) is 4.74 Å². The van der Waals surface area contributed by atoms with E-state index in [1.165, 1.54) is 0 Å². The zero-order chi connectivity index (χ0) is 16.5. The van der Waals surface area contributed by atoms with Gasteiger partial charge in [0.15, 0.2) is 0 Å². The lowest BCUT2D eigenvalue weighted by Crippen LogP contribution is -2.46. The van der Waals surface area contributed by atoms with Crippen molar-refractivity contribution < 1.29 is 19.4 Å². The Hall–Kier alpha value is -1.88. The van der Waals surface area contributed by atoms with E-state index in [0.29, 0.717) is 12.5 Å². The minimum atomic E-state index is -1.05. The zero-order valence-electron chi connectivity index (χ0n) is 13.4. The lowest BCUT2D eigenvalue weighted by Gasteiger charge is -2.18. The van der Waals surface area contributed by atoms with E-state index in [9.17, 15) is 14.7 Å². The van der Waals surface area contributed by atoms with Gasteiger partial charge < -0.3 is 15.2 Å². The second-order valence-corrected chi connectivity index (χ2v) is 5.78. The number of aliphatic carboxylic acids is 1. The number of carbonyl (C=O) groups excluding carboxylic acids is 1. The van der Waals surface area contributed by atoms with Gasteiger partial charge in [0.25, 0.3) is 0 Å². The van der Waals surface area contributed by atoms with Crippen molar-refractivity contribution in [3.63, 3.8) is 0 Å². The maximum Gasteiger partial charge on any atom is 0.326 e. The molecule has 1 aromatic carbocycles. The molecule has 5 heteroatoms. The Labute approximate surface area is 131 Å². The molecule has 1 rings (SSSR count). The number of benzene rings is 1. The highest BCUT2D eigenvalue weighted by molar-refractivity contribution is 5.86. The quantitative estimate of drug-likeness (QED) is 0.733. The normalized spacial score (nSPS) is 13.6. The van der Waals surface area contributed by atoms with E-state index in [-0.39, 0.29) is 6.42 Å². The van der Waals surface area contributed by atoms with Crippen LogP contribution < -0.4 is 5.32 Å². The largest absolute Gasteiger partial charge is 0.480 e. The molecule has 0 heterocycles. The van der Waals surface area contributed by atoms with Crippen molar-refractivity contribution in [3.05, 3.63) is 35.9 Å². The first kappa shape index (κ1) is 18.2. The molecule has 22 heavy (non-hydrogen) atoms. The molecule has 122 valence electrons. The summed E-state index contributed by atoms with van der Waals surface area (Å²) in [6.07, 6.45) is 0.460. The Bertz CT molecular complexity index is 473. The lowest BCUT2D eigenvalue weighted by atomic mass is 10.1. The molecule has 0 aromatic heterocycles. The summed E-state index contributed by atoms with van der Waals surface area (Å²) in [4.78, 5) is 23.3. The van der Waals surface area contributed by atoms with Crippen LogP contribution in [0.1, 0.15) is 32.8 Å². The Kier molecular flexibility index (Phi) is 7.60. The van der Waals surface area contributed by atoms with Crippen LogP contribution in [0.5, 0.6) is 0 Å². The second kappa shape index (κ2) is 9.20. The highest BCUT2D eigenvalue weighted by Gasteiger charge is 2.23.